The SMILES string of the molecule is C=CCN(CCC)C(=O)[C@@H]1[C@H]2C(=O)N(CCCCO)C(C(=O)N(CC=C)C(C)(C)C)C23S[C@@H]1CC3C. The van der Waals surface area contributed by atoms with Crippen LogP contribution in [0.2, 0.25) is 0 Å². The van der Waals surface area contributed by atoms with Gasteiger partial charge in [0.2, 0.25) is 17.7 Å². The van der Waals surface area contributed by atoms with Crippen LogP contribution < -0.4 is 0 Å². The first-order valence-electron chi connectivity index (χ1n) is 13.4. The van der Waals surface area contributed by atoms with Crippen LogP contribution in [-0.4, -0.2) is 91.9 Å². The first-order valence-corrected chi connectivity index (χ1v) is 14.3. The summed E-state index contributed by atoms with van der Waals surface area (Å²) in [6.45, 7) is 19.8. The zero-order valence-corrected chi connectivity index (χ0v) is 23.6. The van der Waals surface area contributed by atoms with Crippen molar-refractivity contribution in [2.24, 2.45) is 17.8 Å². The average Bonchev–Trinajstić information content (AvgIpc) is 3.40. The van der Waals surface area contributed by atoms with Crippen LogP contribution in [0.15, 0.2) is 25.3 Å². The highest BCUT2D eigenvalue weighted by atomic mass is 32.2. The van der Waals surface area contributed by atoms with Gasteiger partial charge in [-0.1, -0.05) is 26.0 Å². The summed E-state index contributed by atoms with van der Waals surface area (Å²) in [5, 5.41) is 9.41. The predicted molar refractivity (Wildman–Crippen MR) is 145 cm³/mol. The molecule has 6 atom stereocenters. The van der Waals surface area contributed by atoms with Crippen molar-refractivity contribution in [3.63, 3.8) is 0 Å². The van der Waals surface area contributed by atoms with Gasteiger partial charge >= 0.3 is 0 Å². The number of hydrogen-bond donors (Lipinski definition) is 1. The zero-order chi connectivity index (χ0) is 26.8. The number of amides is 3. The molecule has 3 fully saturated rings. The molecule has 3 rings (SSSR count). The fourth-order valence-electron chi connectivity index (χ4n) is 6.61. The molecule has 3 saturated heterocycles. The lowest BCUT2D eigenvalue weighted by Crippen LogP contribution is -2.60. The summed E-state index contributed by atoms with van der Waals surface area (Å²) in [4.78, 5) is 47.9. The summed E-state index contributed by atoms with van der Waals surface area (Å²) in [5.41, 5.74) is -0.443. The van der Waals surface area contributed by atoms with Gasteiger partial charge < -0.3 is 19.8 Å². The van der Waals surface area contributed by atoms with Crippen molar-refractivity contribution in [2.45, 2.75) is 81.9 Å². The van der Waals surface area contributed by atoms with Crippen LogP contribution in [-0.2, 0) is 14.4 Å². The van der Waals surface area contributed by atoms with E-state index >= 15 is 0 Å². The van der Waals surface area contributed by atoms with Gasteiger partial charge in [0.25, 0.3) is 0 Å². The number of thioether (sulfide) groups is 1. The number of rotatable bonds is 12. The number of carbonyl (C=O) groups is 3. The van der Waals surface area contributed by atoms with Crippen molar-refractivity contribution in [2.75, 3.05) is 32.8 Å². The molecule has 0 saturated carbocycles. The van der Waals surface area contributed by atoms with E-state index in [9.17, 15) is 19.5 Å². The molecule has 36 heavy (non-hydrogen) atoms. The third kappa shape index (κ3) is 4.75. The van der Waals surface area contributed by atoms with Gasteiger partial charge in [-0.2, -0.15) is 0 Å². The third-order valence-electron chi connectivity index (χ3n) is 8.11. The highest BCUT2D eigenvalue weighted by molar-refractivity contribution is 8.02. The van der Waals surface area contributed by atoms with E-state index < -0.39 is 28.2 Å². The minimum absolute atomic E-state index is 0.0172. The molecule has 8 heteroatoms. The summed E-state index contributed by atoms with van der Waals surface area (Å²) in [6.07, 6.45) is 6.32. The smallest absolute Gasteiger partial charge is 0.247 e. The quantitative estimate of drug-likeness (QED) is 0.316. The summed E-state index contributed by atoms with van der Waals surface area (Å²) in [7, 11) is 0. The molecule has 0 radical (unpaired) electrons. The number of aliphatic hydroxyl groups is 1. The molecule has 202 valence electrons. The third-order valence-corrected chi connectivity index (χ3v) is 10.2. The summed E-state index contributed by atoms with van der Waals surface area (Å²) in [6, 6.07) is -0.630. The van der Waals surface area contributed by atoms with E-state index in [0.29, 0.717) is 39.0 Å². The second kappa shape index (κ2) is 11.3. The summed E-state index contributed by atoms with van der Waals surface area (Å²) >= 11 is 1.72. The molecular weight excluding hydrogens is 474 g/mol. The molecule has 7 nitrogen and oxygen atoms in total. The summed E-state index contributed by atoms with van der Waals surface area (Å²) in [5.74, 6) is -0.927. The highest BCUT2D eigenvalue weighted by Gasteiger charge is 2.76. The van der Waals surface area contributed by atoms with E-state index in [2.05, 4.69) is 20.1 Å². The molecule has 3 amide bonds. The van der Waals surface area contributed by atoms with Crippen molar-refractivity contribution in [3.05, 3.63) is 25.3 Å². The van der Waals surface area contributed by atoms with Crippen molar-refractivity contribution in [1.82, 2.24) is 14.7 Å². The maximum atomic E-state index is 14.4. The van der Waals surface area contributed by atoms with Crippen LogP contribution in [0.5, 0.6) is 0 Å². The Morgan fingerprint density at radius 1 is 1.19 bits per heavy atom. The molecule has 3 aliphatic heterocycles. The minimum atomic E-state index is -0.630. The summed E-state index contributed by atoms with van der Waals surface area (Å²) < 4.78 is -0.630. The Morgan fingerprint density at radius 3 is 2.42 bits per heavy atom. The van der Waals surface area contributed by atoms with Crippen molar-refractivity contribution < 1.29 is 19.5 Å². The Kier molecular flexibility index (Phi) is 9.03. The molecular formula is C28H45N3O4S. The van der Waals surface area contributed by atoms with E-state index in [1.165, 1.54) is 0 Å². The van der Waals surface area contributed by atoms with Gasteiger partial charge in [0.15, 0.2) is 0 Å². The van der Waals surface area contributed by atoms with Crippen molar-refractivity contribution >= 4 is 29.5 Å². The van der Waals surface area contributed by atoms with Gasteiger partial charge in [-0.3, -0.25) is 14.4 Å². The van der Waals surface area contributed by atoms with Crippen LogP contribution in [0.3, 0.4) is 0 Å². The van der Waals surface area contributed by atoms with Crippen LogP contribution >= 0.6 is 11.8 Å². The van der Waals surface area contributed by atoms with Gasteiger partial charge in [0.05, 0.1) is 16.6 Å². The number of aliphatic hydroxyl groups excluding tert-OH is 1. The first-order chi connectivity index (χ1) is 17.0. The maximum Gasteiger partial charge on any atom is 0.247 e. The van der Waals surface area contributed by atoms with Crippen LogP contribution in [0.25, 0.3) is 0 Å². The minimum Gasteiger partial charge on any atom is -0.396 e. The fraction of sp³-hybridized carbons (Fsp3) is 0.750. The topological polar surface area (TPSA) is 81.2 Å². The molecule has 0 aliphatic carbocycles. The molecule has 3 heterocycles. The Morgan fingerprint density at radius 2 is 1.86 bits per heavy atom. The molecule has 3 unspecified atom stereocenters. The first kappa shape index (κ1) is 28.8. The Bertz CT molecular complexity index is 871. The van der Waals surface area contributed by atoms with E-state index in [1.807, 2.05) is 37.5 Å². The van der Waals surface area contributed by atoms with E-state index in [-0.39, 0.29) is 35.5 Å². The number of likely N-dealkylation sites (tertiary alicyclic amines) is 1. The standard InChI is InChI=1S/C28H45N3O4S/c1-8-13-29(14-9-2)24(33)21-20-18-19(4)28(36-20)22(21)25(34)30(16-11-12-17-32)23(28)26(35)31(15-10-3)27(5,6)7/h8,10,19-23,32H,1,3,9,11-18H2,2,4-7H3/t19?,20-,21+,22+,23?,28?/m1/s1. The molecule has 1 N–H and O–H groups in total. The maximum absolute atomic E-state index is 14.4. The van der Waals surface area contributed by atoms with Crippen molar-refractivity contribution in [1.29, 1.82) is 0 Å². The lowest BCUT2D eigenvalue weighted by atomic mass is 9.65. The lowest BCUT2D eigenvalue weighted by Gasteiger charge is -2.44. The Balaban J connectivity index is 2.09. The number of nitrogens with zero attached hydrogens (tertiary/aromatic N) is 3. The number of fused-ring (bicyclic) bond motifs is 1. The largest absolute Gasteiger partial charge is 0.396 e. The van der Waals surface area contributed by atoms with Crippen LogP contribution in [0, 0.1) is 17.8 Å². The predicted octanol–water partition coefficient (Wildman–Crippen LogP) is 3.33. The van der Waals surface area contributed by atoms with Gasteiger partial charge in [-0.25, -0.2) is 0 Å². The molecule has 2 bridgehead atoms. The molecule has 1 spiro atoms. The number of unbranched alkanes of at least 4 members (excludes halogenated alkanes) is 1. The van der Waals surface area contributed by atoms with Gasteiger partial charge in [-0.15, -0.1) is 24.9 Å². The second-order valence-electron chi connectivity index (χ2n) is 11.5. The van der Waals surface area contributed by atoms with E-state index in [1.54, 1.807) is 28.8 Å². The van der Waals surface area contributed by atoms with Gasteiger partial charge in [0.1, 0.15) is 6.04 Å². The van der Waals surface area contributed by atoms with E-state index in [0.717, 1.165) is 12.8 Å². The lowest BCUT2D eigenvalue weighted by molar-refractivity contribution is -0.146. The second-order valence-corrected chi connectivity index (χ2v) is 13.0. The highest BCUT2D eigenvalue weighted by Crippen LogP contribution is 2.69. The Hall–Kier alpha value is -1.80. The van der Waals surface area contributed by atoms with Gasteiger partial charge in [-0.05, 0) is 52.4 Å². The molecule has 3 aliphatic rings. The molecule has 0 aromatic carbocycles. The fourth-order valence-corrected chi connectivity index (χ4v) is 9.02. The van der Waals surface area contributed by atoms with Crippen molar-refractivity contribution in [3.8, 4) is 0 Å². The number of hydrogen-bond acceptors (Lipinski definition) is 5. The Labute approximate surface area is 221 Å². The van der Waals surface area contributed by atoms with E-state index in [4.69, 9.17) is 0 Å². The molecule has 0 aromatic heterocycles. The monoisotopic (exact) mass is 519 g/mol. The normalized spacial score (nSPS) is 30.9. The van der Waals surface area contributed by atoms with Crippen LogP contribution in [0.1, 0.15) is 60.3 Å². The molecule has 0 aromatic rings. The van der Waals surface area contributed by atoms with Crippen LogP contribution in [0.4, 0.5) is 0 Å². The number of carbonyl (C=O) groups excluding carboxylic acids is 3. The average molecular weight is 520 g/mol. The zero-order valence-electron chi connectivity index (χ0n) is 22.7. The van der Waals surface area contributed by atoms with Gasteiger partial charge in [0, 0.05) is 43.6 Å².